The van der Waals surface area contributed by atoms with Gasteiger partial charge in [-0.3, -0.25) is 9.69 Å². The summed E-state index contributed by atoms with van der Waals surface area (Å²) in [5.41, 5.74) is 5.37. The van der Waals surface area contributed by atoms with E-state index in [0.29, 0.717) is 6.04 Å². The maximum atomic E-state index is 11.2. The van der Waals surface area contributed by atoms with Gasteiger partial charge >= 0.3 is 0 Å². The first-order valence-corrected chi connectivity index (χ1v) is 5.03. The van der Waals surface area contributed by atoms with Gasteiger partial charge in [0.05, 0.1) is 5.92 Å². The highest BCUT2D eigenvalue weighted by Crippen LogP contribution is 2.22. The van der Waals surface area contributed by atoms with Crippen LogP contribution >= 0.6 is 0 Å². The predicted molar refractivity (Wildman–Crippen MR) is 50.1 cm³/mol. The number of nitrogens with two attached hydrogens (primary N) is 1. The molecule has 2 heterocycles. The number of carbonyl (C=O) groups excluding carboxylic acids is 1. The highest BCUT2D eigenvalue weighted by molar-refractivity contribution is 5.77. The minimum Gasteiger partial charge on any atom is -0.369 e. The maximum Gasteiger partial charge on any atom is 0.223 e. The van der Waals surface area contributed by atoms with E-state index in [0.717, 1.165) is 32.6 Å². The highest BCUT2D eigenvalue weighted by Gasteiger charge is 2.35. The first-order chi connectivity index (χ1) is 6.29. The van der Waals surface area contributed by atoms with Crippen LogP contribution in [0.5, 0.6) is 0 Å². The molecule has 74 valence electrons. The lowest BCUT2D eigenvalue weighted by atomic mass is 9.89. The molecule has 0 unspecified atom stereocenters. The molecule has 4 heteroatoms. The summed E-state index contributed by atoms with van der Waals surface area (Å²) in [5, 5.41) is 3.22. The van der Waals surface area contributed by atoms with Crippen LogP contribution in [0.2, 0.25) is 0 Å². The van der Waals surface area contributed by atoms with E-state index in [2.05, 4.69) is 10.2 Å². The number of piperidine rings is 1. The zero-order chi connectivity index (χ0) is 9.26. The smallest absolute Gasteiger partial charge is 0.223 e. The second-order valence-corrected chi connectivity index (χ2v) is 3.96. The molecule has 0 aromatic carbocycles. The lowest BCUT2D eigenvalue weighted by Gasteiger charge is -2.43. The van der Waals surface area contributed by atoms with Crippen LogP contribution in [0, 0.1) is 5.92 Å². The fraction of sp³-hybridized carbons (Fsp3) is 0.889. The lowest BCUT2D eigenvalue weighted by Crippen LogP contribution is -2.57. The minimum atomic E-state index is -0.149. The molecule has 0 aliphatic carbocycles. The van der Waals surface area contributed by atoms with Crippen LogP contribution in [0.25, 0.3) is 0 Å². The monoisotopic (exact) mass is 183 g/mol. The van der Waals surface area contributed by atoms with Crippen molar-refractivity contribution in [1.82, 2.24) is 10.2 Å². The first kappa shape index (κ1) is 8.97. The van der Waals surface area contributed by atoms with E-state index in [-0.39, 0.29) is 11.8 Å². The number of hydrogen-bond donors (Lipinski definition) is 2. The van der Waals surface area contributed by atoms with Crippen LogP contribution in [0.15, 0.2) is 0 Å². The summed E-state index contributed by atoms with van der Waals surface area (Å²) >= 11 is 0. The van der Waals surface area contributed by atoms with Crippen molar-refractivity contribution in [1.29, 1.82) is 0 Å². The quantitative estimate of drug-likeness (QED) is 0.586. The Morgan fingerprint density at radius 2 is 2.23 bits per heavy atom. The normalized spacial score (nSPS) is 35.4. The Morgan fingerprint density at radius 1 is 1.46 bits per heavy atom. The van der Waals surface area contributed by atoms with Crippen molar-refractivity contribution in [2.24, 2.45) is 11.7 Å². The fourth-order valence-corrected chi connectivity index (χ4v) is 2.24. The highest BCUT2D eigenvalue weighted by atomic mass is 16.1. The molecule has 2 atom stereocenters. The average molecular weight is 183 g/mol. The molecular formula is C9H17N3O. The summed E-state index contributed by atoms with van der Waals surface area (Å²) in [5.74, 6) is -0.127. The van der Waals surface area contributed by atoms with Gasteiger partial charge in [-0.1, -0.05) is 0 Å². The molecule has 0 spiro atoms. The molecule has 0 aromatic heterocycles. The third kappa shape index (κ3) is 1.69. The van der Waals surface area contributed by atoms with E-state index in [1.165, 1.54) is 6.42 Å². The number of rotatable bonds is 2. The summed E-state index contributed by atoms with van der Waals surface area (Å²) in [6, 6.07) is 0.410. The molecule has 1 amide bonds. The van der Waals surface area contributed by atoms with Gasteiger partial charge in [-0.15, -0.1) is 0 Å². The number of hydrogen-bond acceptors (Lipinski definition) is 3. The van der Waals surface area contributed by atoms with Crippen molar-refractivity contribution in [3.05, 3.63) is 0 Å². The van der Waals surface area contributed by atoms with E-state index in [4.69, 9.17) is 5.73 Å². The Hall–Kier alpha value is -0.610. The molecule has 2 fully saturated rings. The molecule has 13 heavy (non-hydrogen) atoms. The molecule has 2 saturated heterocycles. The number of primary amides is 1. The Morgan fingerprint density at radius 3 is 2.77 bits per heavy atom. The van der Waals surface area contributed by atoms with Crippen molar-refractivity contribution >= 4 is 5.91 Å². The van der Waals surface area contributed by atoms with Gasteiger partial charge < -0.3 is 11.1 Å². The Balaban J connectivity index is 1.99. The van der Waals surface area contributed by atoms with E-state index in [1.807, 2.05) is 0 Å². The largest absolute Gasteiger partial charge is 0.369 e. The van der Waals surface area contributed by atoms with Crippen LogP contribution in [0.3, 0.4) is 0 Å². The number of nitrogens with one attached hydrogen (secondary N) is 1. The van der Waals surface area contributed by atoms with Gasteiger partial charge in [0.15, 0.2) is 0 Å². The Labute approximate surface area is 78.5 Å². The first-order valence-electron chi connectivity index (χ1n) is 5.03. The summed E-state index contributed by atoms with van der Waals surface area (Å²) in [4.78, 5) is 13.5. The van der Waals surface area contributed by atoms with Gasteiger partial charge in [0.25, 0.3) is 0 Å². The van der Waals surface area contributed by atoms with Crippen LogP contribution in [-0.2, 0) is 4.79 Å². The van der Waals surface area contributed by atoms with E-state index < -0.39 is 0 Å². The van der Waals surface area contributed by atoms with Gasteiger partial charge in [0, 0.05) is 12.6 Å². The average Bonchev–Trinajstić information content (AvgIpc) is 2.02. The second kappa shape index (κ2) is 3.64. The summed E-state index contributed by atoms with van der Waals surface area (Å²) < 4.78 is 0. The molecule has 0 radical (unpaired) electrons. The molecule has 4 nitrogen and oxygen atoms in total. The molecule has 2 aliphatic rings. The van der Waals surface area contributed by atoms with Crippen LogP contribution in [0.4, 0.5) is 0 Å². The van der Waals surface area contributed by atoms with Crippen molar-refractivity contribution in [3.63, 3.8) is 0 Å². The molecule has 0 aromatic rings. The zero-order valence-electron chi connectivity index (χ0n) is 7.83. The SMILES string of the molecule is NC(=O)[C@H]1CNCC[C@H]1N1CCC1. The lowest BCUT2D eigenvalue weighted by molar-refractivity contribution is -0.125. The minimum absolute atomic E-state index is 0.0223. The number of likely N-dealkylation sites (tertiary alicyclic amines) is 1. The molecule has 2 aliphatic heterocycles. The topological polar surface area (TPSA) is 58.4 Å². The van der Waals surface area contributed by atoms with Gasteiger partial charge in [-0.05, 0) is 32.5 Å². The summed E-state index contributed by atoms with van der Waals surface area (Å²) in [6.07, 6.45) is 2.34. The molecular weight excluding hydrogens is 166 g/mol. The van der Waals surface area contributed by atoms with E-state index in [1.54, 1.807) is 0 Å². The second-order valence-electron chi connectivity index (χ2n) is 3.96. The van der Waals surface area contributed by atoms with Crippen LogP contribution in [-0.4, -0.2) is 43.0 Å². The molecule has 3 N–H and O–H groups in total. The third-order valence-corrected chi connectivity index (χ3v) is 3.17. The van der Waals surface area contributed by atoms with E-state index in [9.17, 15) is 4.79 Å². The van der Waals surface area contributed by atoms with Gasteiger partial charge in [0.1, 0.15) is 0 Å². The molecule has 0 saturated carbocycles. The Kier molecular flexibility index (Phi) is 2.51. The van der Waals surface area contributed by atoms with Crippen molar-refractivity contribution in [2.75, 3.05) is 26.2 Å². The maximum absolute atomic E-state index is 11.2. The molecule has 0 bridgehead atoms. The zero-order valence-corrected chi connectivity index (χ0v) is 7.83. The van der Waals surface area contributed by atoms with Crippen molar-refractivity contribution in [3.8, 4) is 0 Å². The van der Waals surface area contributed by atoms with Gasteiger partial charge in [-0.25, -0.2) is 0 Å². The van der Waals surface area contributed by atoms with Crippen LogP contribution < -0.4 is 11.1 Å². The van der Waals surface area contributed by atoms with Crippen molar-refractivity contribution in [2.45, 2.75) is 18.9 Å². The van der Waals surface area contributed by atoms with Crippen LogP contribution in [0.1, 0.15) is 12.8 Å². The molecule has 2 rings (SSSR count). The van der Waals surface area contributed by atoms with Crippen molar-refractivity contribution < 1.29 is 4.79 Å². The summed E-state index contributed by atoms with van der Waals surface area (Å²) in [7, 11) is 0. The van der Waals surface area contributed by atoms with Gasteiger partial charge in [-0.2, -0.15) is 0 Å². The summed E-state index contributed by atoms with van der Waals surface area (Å²) in [6.45, 7) is 4.07. The number of nitrogens with zero attached hydrogens (tertiary/aromatic N) is 1. The number of amides is 1. The third-order valence-electron chi connectivity index (χ3n) is 3.17. The fourth-order valence-electron chi connectivity index (χ4n) is 2.24. The predicted octanol–water partition coefficient (Wildman–Crippen LogP) is -0.844. The van der Waals surface area contributed by atoms with Gasteiger partial charge in [0.2, 0.25) is 5.91 Å². The number of carbonyl (C=O) groups is 1. The standard InChI is InChI=1S/C9H17N3O/c10-9(13)7-6-11-3-2-8(7)12-4-1-5-12/h7-8,11H,1-6H2,(H2,10,13)/t7-,8+/m0/s1. The Bertz CT molecular complexity index is 203. The van der Waals surface area contributed by atoms with E-state index >= 15 is 0 Å².